The van der Waals surface area contributed by atoms with Gasteiger partial charge in [0.05, 0.1) is 14.4 Å². The average Bonchev–Trinajstić information content (AvgIpc) is 3.33. The maximum absolute atomic E-state index is 12.9. The number of rotatable bonds is 3. The Bertz CT molecular complexity index is 1090. The zero-order chi connectivity index (χ0) is 19.3. The second kappa shape index (κ2) is 6.96. The van der Waals surface area contributed by atoms with Gasteiger partial charge in [-0.25, -0.2) is 8.42 Å². The number of amides is 1. The summed E-state index contributed by atoms with van der Waals surface area (Å²) in [5.41, 5.74) is 0.904. The van der Waals surface area contributed by atoms with Gasteiger partial charge in [-0.15, -0.1) is 22.7 Å². The maximum Gasteiger partial charge on any atom is 0.264 e. The summed E-state index contributed by atoms with van der Waals surface area (Å²) in [5, 5.41) is 5.35. The number of sulfonamides is 1. The van der Waals surface area contributed by atoms with Crippen LogP contribution >= 0.6 is 38.6 Å². The van der Waals surface area contributed by atoms with Crippen LogP contribution in [0.5, 0.6) is 0 Å². The lowest BCUT2D eigenvalue weighted by molar-refractivity contribution is 0.0703. The molecule has 1 aliphatic rings. The lowest BCUT2D eigenvalue weighted by Crippen LogP contribution is -2.50. The molecule has 0 bridgehead atoms. The highest BCUT2D eigenvalue weighted by atomic mass is 79.9. The second-order valence-electron chi connectivity index (χ2n) is 6.29. The number of aryl methyl sites for hydroxylation is 2. The molecule has 3 aromatic heterocycles. The normalized spacial score (nSPS) is 16.3. The molecular formula is C16H17BrN4O3S3. The zero-order valence-corrected chi connectivity index (χ0v) is 18.7. The number of nitrogens with zero attached hydrogens (tertiary/aromatic N) is 4. The summed E-state index contributed by atoms with van der Waals surface area (Å²) in [6.45, 7) is 3.30. The number of halogens is 1. The zero-order valence-electron chi connectivity index (χ0n) is 14.7. The van der Waals surface area contributed by atoms with Gasteiger partial charge in [0.2, 0.25) is 0 Å². The largest absolute Gasteiger partial charge is 0.335 e. The summed E-state index contributed by atoms with van der Waals surface area (Å²) in [4.78, 5) is 16.2. The molecule has 27 heavy (non-hydrogen) atoms. The van der Waals surface area contributed by atoms with Crippen LogP contribution in [0.1, 0.15) is 15.4 Å². The van der Waals surface area contributed by atoms with Gasteiger partial charge in [-0.05, 0) is 41.1 Å². The van der Waals surface area contributed by atoms with Crippen LogP contribution in [0.3, 0.4) is 0 Å². The van der Waals surface area contributed by atoms with Crippen molar-refractivity contribution in [1.82, 2.24) is 19.0 Å². The number of hydrogen-bond acceptors (Lipinski definition) is 6. The van der Waals surface area contributed by atoms with E-state index in [1.807, 2.05) is 20.0 Å². The van der Waals surface area contributed by atoms with Gasteiger partial charge in [-0.1, -0.05) is 0 Å². The monoisotopic (exact) mass is 488 g/mol. The van der Waals surface area contributed by atoms with Crippen LogP contribution in [0.15, 0.2) is 26.2 Å². The summed E-state index contributed by atoms with van der Waals surface area (Å²) in [7, 11) is -1.64. The van der Waals surface area contributed by atoms with Crippen molar-refractivity contribution in [2.45, 2.75) is 11.1 Å². The van der Waals surface area contributed by atoms with E-state index in [1.54, 1.807) is 21.7 Å². The van der Waals surface area contributed by atoms with Crippen LogP contribution < -0.4 is 0 Å². The van der Waals surface area contributed by atoms with E-state index in [0.29, 0.717) is 35.3 Å². The summed E-state index contributed by atoms with van der Waals surface area (Å²) >= 11 is 5.93. The molecule has 7 nitrogen and oxygen atoms in total. The third kappa shape index (κ3) is 3.35. The van der Waals surface area contributed by atoms with E-state index in [0.717, 1.165) is 19.7 Å². The van der Waals surface area contributed by atoms with Crippen LogP contribution in [0, 0.1) is 6.92 Å². The second-order valence-corrected chi connectivity index (χ2v) is 12.0. The van der Waals surface area contributed by atoms with Gasteiger partial charge >= 0.3 is 0 Å². The lowest BCUT2D eigenvalue weighted by Gasteiger charge is -2.33. The molecule has 11 heteroatoms. The Hall–Kier alpha value is -1.27. The molecular weight excluding hydrogens is 472 g/mol. The molecule has 1 fully saturated rings. The summed E-state index contributed by atoms with van der Waals surface area (Å²) in [6, 6.07) is 5.22. The van der Waals surface area contributed by atoms with Gasteiger partial charge in [0.25, 0.3) is 15.9 Å². The van der Waals surface area contributed by atoms with E-state index in [9.17, 15) is 13.2 Å². The standard InChI is InChI=1S/C16H17BrN4O3S3/c1-10-11-9-12(25-16(11)19(2)18-10)15(22)20-5-7-21(8-6-20)27(23,24)14-4-3-13(17)26-14/h3-4,9H,5-8H2,1-2H3. The van der Waals surface area contributed by atoms with Gasteiger partial charge in [-0.2, -0.15) is 9.40 Å². The van der Waals surface area contributed by atoms with Crippen LogP contribution in [0.4, 0.5) is 0 Å². The molecule has 0 atom stereocenters. The van der Waals surface area contributed by atoms with Crippen LogP contribution in [-0.4, -0.2) is 59.5 Å². The Morgan fingerprint density at radius 2 is 1.89 bits per heavy atom. The van der Waals surface area contributed by atoms with Crippen molar-refractivity contribution in [3.05, 3.63) is 32.6 Å². The van der Waals surface area contributed by atoms with Crippen molar-refractivity contribution in [2.75, 3.05) is 26.2 Å². The predicted molar refractivity (Wildman–Crippen MR) is 110 cm³/mol. The van der Waals surface area contributed by atoms with Gasteiger partial charge in [0.1, 0.15) is 9.04 Å². The predicted octanol–water partition coefficient (Wildman–Crippen LogP) is 2.91. The lowest BCUT2D eigenvalue weighted by atomic mass is 10.3. The smallest absolute Gasteiger partial charge is 0.264 e. The molecule has 3 aromatic rings. The maximum atomic E-state index is 12.9. The topological polar surface area (TPSA) is 75.5 Å². The van der Waals surface area contributed by atoms with Gasteiger partial charge < -0.3 is 4.90 Å². The Labute approximate surface area is 173 Å². The first-order valence-corrected chi connectivity index (χ1v) is 12.1. The highest BCUT2D eigenvalue weighted by molar-refractivity contribution is 9.11. The molecule has 0 aliphatic carbocycles. The fourth-order valence-corrected chi connectivity index (χ4v) is 7.84. The van der Waals surface area contributed by atoms with E-state index < -0.39 is 10.0 Å². The van der Waals surface area contributed by atoms with Crippen LogP contribution in [0.2, 0.25) is 0 Å². The number of hydrogen-bond donors (Lipinski definition) is 0. The minimum Gasteiger partial charge on any atom is -0.335 e. The Kier molecular flexibility index (Phi) is 4.91. The average molecular weight is 489 g/mol. The Morgan fingerprint density at radius 1 is 1.19 bits per heavy atom. The fourth-order valence-electron chi connectivity index (χ4n) is 3.16. The number of piperazine rings is 1. The highest BCUT2D eigenvalue weighted by Crippen LogP contribution is 2.30. The SMILES string of the molecule is Cc1nn(C)c2sc(C(=O)N3CCN(S(=O)(=O)c4ccc(Br)s4)CC3)cc12. The minimum atomic E-state index is -3.50. The summed E-state index contributed by atoms with van der Waals surface area (Å²) in [5.74, 6) is -0.0495. The van der Waals surface area contributed by atoms with E-state index in [-0.39, 0.29) is 5.91 Å². The molecule has 1 amide bonds. The van der Waals surface area contributed by atoms with E-state index in [2.05, 4.69) is 21.0 Å². The fraction of sp³-hybridized carbons (Fsp3) is 0.375. The molecule has 0 saturated carbocycles. The van der Waals surface area contributed by atoms with E-state index in [4.69, 9.17) is 0 Å². The molecule has 0 radical (unpaired) electrons. The molecule has 1 saturated heterocycles. The van der Waals surface area contributed by atoms with Crippen molar-refractivity contribution in [3.63, 3.8) is 0 Å². The molecule has 4 rings (SSSR count). The number of thiophene rings is 2. The van der Waals surface area contributed by atoms with E-state index in [1.165, 1.54) is 27.0 Å². The third-order valence-electron chi connectivity index (χ3n) is 4.58. The first-order valence-electron chi connectivity index (χ1n) is 8.25. The molecule has 4 heterocycles. The van der Waals surface area contributed by atoms with Crippen LogP contribution in [-0.2, 0) is 17.1 Å². The molecule has 0 unspecified atom stereocenters. The number of carbonyl (C=O) groups is 1. The first-order chi connectivity index (χ1) is 12.8. The minimum absolute atomic E-state index is 0.0495. The molecule has 0 aromatic carbocycles. The molecule has 1 aliphatic heterocycles. The molecule has 0 spiro atoms. The van der Waals surface area contributed by atoms with Crippen molar-refractivity contribution in [1.29, 1.82) is 0 Å². The van der Waals surface area contributed by atoms with Crippen molar-refractivity contribution in [3.8, 4) is 0 Å². The quantitative estimate of drug-likeness (QED) is 0.567. The number of fused-ring (bicyclic) bond motifs is 1. The first kappa shape index (κ1) is 19.1. The van der Waals surface area contributed by atoms with Crippen molar-refractivity contribution >= 4 is 64.8 Å². The van der Waals surface area contributed by atoms with Crippen molar-refractivity contribution in [2.24, 2.45) is 7.05 Å². The number of aromatic nitrogens is 2. The van der Waals surface area contributed by atoms with Crippen LogP contribution in [0.25, 0.3) is 10.2 Å². The third-order valence-corrected chi connectivity index (χ3v) is 9.76. The van der Waals surface area contributed by atoms with Crippen molar-refractivity contribution < 1.29 is 13.2 Å². The van der Waals surface area contributed by atoms with E-state index >= 15 is 0 Å². The highest BCUT2D eigenvalue weighted by Gasteiger charge is 2.32. The molecule has 144 valence electrons. The summed E-state index contributed by atoms with van der Waals surface area (Å²) < 4.78 is 29.8. The van der Waals surface area contributed by atoms with Gasteiger partial charge in [-0.3, -0.25) is 9.48 Å². The van der Waals surface area contributed by atoms with Gasteiger partial charge in [0, 0.05) is 38.6 Å². The Morgan fingerprint density at radius 3 is 2.48 bits per heavy atom. The Balaban J connectivity index is 1.48. The van der Waals surface area contributed by atoms with Gasteiger partial charge in [0.15, 0.2) is 0 Å². The summed E-state index contributed by atoms with van der Waals surface area (Å²) in [6.07, 6.45) is 0. The molecule has 0 N–H and O–H groups in total. The number of carbonyl (C=O) groups excluding carboxylic acids is 1.